The smallest absolute Gasteiger partial charge is 0.240 e. The molecule has 0 saturated carbocycles. The molecule has 1 rings (SSSR count). The molecule has 0 aliphatic carbocycles. The van der Waals surface area contributed by atoms with E-state index in [4.69, 9.17) is 0 Å². The normalized spacial score (nSPS) is 11.6. The summed E-state index contributed by atoms with van der Waals surface area (Å²) >= 11 is 0. The number of nitrogens with one attached hydrogen (secondary N) is 1. The molecule has 0 aliphatic heterocycles. The summed E-state index contributed by atoms with van der Waals surface area (Å²) in [5, 5.41) is 0. The maximum Gasteiger partial charge on any atom is 0.240 e. The van der Waals surface area contributed by atoms with Crippen molar-refractivity contribution >= 4 is 15.8 Å². The molecule has 0 amide bonds. The van der Waals surface area contributed by atoms with Crippen LogP contribution in [-0.4, -0.2) is 20.7 Å². The monoisotopic (exact) mass is 297 g/mol. The van der Waals surface area contributed by atoms with Gasteiger partial charge < -0.3 is 0 Å². The van der Waals surface area contributed by atoms with Crippen LogP contribution in [-0.2, 0) is 10.0 Å². The minimum absolute atomic E-state index is 0.0487. The third-order valence-electron chi connectivity index (χ3n) is 3.19. The topological polar surface area (TPSA) is 63.2 Å². The second-order valence-electron chi connectivity index (χ2n) is 4.86. The SMILES string of the molecule is CCCCCNS(=O)(=O)c1cc(C(=O)CC)ccc1C. The molecule has 4 nitrogen and oxygen atoms in total. The first-order chi connectivity index (χ1) is 9.42. The molecule has 0 saturated heterocycles. The van der Waals surface area contributed by atoms with Crippen LogP contribution >= 0.6 is 0 Å². The number of sulfonamides is 1. The Morgan fingerprint density at radius 1 is 1.20 bits per heavy atom. The molecule has 1 aromatic rings. The number of Topliss-reactive ketones (excluding diaryl/α,β-unsaturated/α-hetero) is 1. The number of rotatable bonds is 8. The number of aryl methyl sites for hydroxylation is 1. The van der Waals surface area contributed by atoms with Gasteiger partial charge in [-0.25, -0.2) is 13.1 Å². The third-order valence-corrected chi connectivity index (χ3v) is 4.80. The highest BCUT2D eigenvalue weighted by molar-refractivity contribution is 7.89. The molecule has 0 aliphatic rings. The van der Waals surface area contributed by atoms with Gasteiger partial charge in [-0.3, -0.25) is 4.79 Å². The fraction of sp³-hybridized carbons (Fsp3) is 0.533. The standard InChI is InChI=1S/C15H23NO3S/c1-4-6-7-10-16-20(18,19)15-11-13(14(17)5-2)9-8-12(15)3/h8-9,11,16H,4-7,10H2,1-3H3. The van der Waals surface area contributed by atoms with Gasteiger partial charge >= 0.3 is 0 Å². The maximum atomic E-state index is 12.3. The lowest BCUT2D eigenvalue weighted by Gasteiger charge is -2.10. The van der Waals surface area contributed by atoms with Crippen molar-refractivity contribution in [3.8, 4) is 0 Å². The minimum atomic E-state index is -3.54. The molecule has 0 heterocycles. The Labute approximate surface area is 121 Å². The van der Waals surface area contributed by atoms with Gasteiger partial charge in [-0.05, 0) is 25.0 Å². The van der Waals surface area contributed by atoms with E-state index < -0.39 is 10.0 Å². The van der Waals surface area contributed by atoms with Crippen LogP contribution in [0, 0.1) is 6.92 Å². The van der Waals surface area contributed by atoms with Crippen LogP contribution in [0.1, 0.15) is 55.5 Å². The average Bonchev–Trinajstić information content (AvgIpc) is 2.43. The molecular weight excluding hydrogens is 274 g/mol. The van der Waals surface area contributed by atoms with Crippen molar-refractivity contribution in [3.63, 3.8) is 0 Å². The molecule has 0 unspecified atom stereocenters. The van der Waals surface area contributed by atoms with Crippen LogP contribution in [0.4, 0.5) is 0 Å². The number of hydrogen-bond acceptors (Lipinski definition) is 3. The van der Waals surface area contributed by atoms with Crippen LogP contribution in [0.15, 0.2) is 23.1 Å². The zero-order valence-corrected chi connectivity index (χ0v) is 13.2. The molecule has 0 atom stereocenters. The summed E-state index contributed by atoms with van der Waals surface area (Å²) in [6, 6.07) is 4.84. The van der Waals surface area contributed by atoms with E-state index in [1.54, 1.807) is 26.0 Å². The van der Waals surface area contributed by atoms with Gasteiger partial charge in [0.05, 0.1) is 4.90 Å². The van der Waals surface area contributed by atoms with Gasteiger partial charge in [0, 0.05) is 18.5 Å². The van der Waals surface area contributed by atoms with Crippen molar-refractivity contribution in [2.45, 2.75) is 51.3 Å². The van der Waals surface area contributed by atoms with Gasteiger partial charge in [0.25, 0.3) is 0 Å². The Bertz CT molecular complexity index is 564. The van der Waals surface area contributed by atoms with E-state index in [-0.39, 0.29) is 10.7 Å². The van der Waals surface area contributed by atoms with Crippen LogP contribution in [0.2, 0.25) is 0 Å². The first kappa shape index (κ1) is 16.9. The van der Waals surface area contributed by atoms with E-state index in [0.29, 0.717) is 24.1 Å². The molecule has 1 aromatic carbocycles. The number of carbonyl (C=O) groups excluding carboxylic acids is 1. The number of ketones is 1. The van der Waals surface area contributed by atoms with E-state index in [1.807, 2.05) is 0 Å². The fourth-order valence-corrected chi connectivity index (χ4v) is 3.27. The molecule has 0 spiro atoms. The summed E-state index contributed by atoms with van der Waals surface area (Å²) in [6.45, 7) is 6.00. The molecule has 0 fully saturated rings. The summed E-state index contributed by atoms with van der Waals surface area (Å²) in [5.41, 5.74) is 1.10. The van der Waals surface area contributed by atoms with Crippen molar-refractivity contribution < 1.29 is 13.2 Å². The molecule has 1 N–H and O–H groups in total. The largest absolute Gasteiger partial charge is 0.294 e. The molecule has 0 radical (unpaired) electrons. The summed E-state index contributed by atoms with van der Waals surface area (Å²) in [7, 11) is -3.54. The maximum absolute atomic E-state index is 12.3. The highest BCUT2D eigenvalue weighted by Crippen LogP contribution is 2.18. The van der Waals surface area contributed by atoms with Gasteiger partial charge in [-0.2, -0.15) is 0 Å². The van der Waals surface area contributed by atoms with E-state index in [1.165, 1.54) is 6.07 Å². The lowest BCUT2D eigenvalue weighted by Crippen LogP contribution is -2.25. The highest BCUT2D eigenvalue weighted by Gasteiger charge is 2.18. The zero-order valence-electron chi connectivity index (χ0n) is 12.4. The summed E-state index contributed by atoms with van der Waals surface area (Å²) in [6.07, 6.45) is 3.23. The predicted molar refractivity (Wildman–Crippen MR) is 80.5 cm³/mol. The number of benzene rings is 1. The van der Waals surface area contributed by atoms with Crippen molar-refractivity contribution in [1.29, 1.82) is 0 Å². The van der Waals surface area contributed by atoms with Crippen LogP contribution < -0.4 is 4.72 Å². The highest BCUT2D eigenvalue weighted by atomic mass is 32.2. The van der Waals surface area contributed by atoms with Gasteiger partial charge in [0.2, 0.25) is 10.0 Å². The van der Waals surface area contributed by atoms with Gasteiger partial charge in [-0.1, -0.05) is 38.8 Å². The van der Waals surface area contributed by atoms with Crippen molar-refractivity contribution in [3.05, 3.63) is 29.3 Å². The van der Waals surface area contributed by atoms with Gasteiger partial charge in [0.15, 0.2) is 5.78 Å². The van der Waals surface area contributed by atoms with Gasteiger partial charge in [0.1, 0.15) is 0 Å². The van der Waals surface area contributed by atoms with Gasteiger partial charge in [-0.15, -0.1) is 0 Å². The second-order valence-corrected chi connectivity index (χ2v) is 6.60. The Kier molecular flexibility index (Phi) is 6.36. The van der Waals surface area contributed by atoms with Crippen LogP contribution in [0.3, 0.4) is 0 Å². The minimum Gasteiger partial charge on any atom is -0.294 e. The van der Waals surface area contributed by atoms with E-state index >= 15 is 0 Å². The molecule has 0 aromatic heterocycles. The Morgan fingerprint density at radius 3 is 2.50 bits per heavy atom. The Morgan fingerprint density at radius 2 is 1.90 bits per heavy atom. The number of hydrogen-bond donors (Lipinski definition) is 1. The van der Waals surface area contributed by atoms with E-state index in [2.05, 4.69) is 11.6 Å². The average molecular weight is 297 g/mol. The summed E-state index contributed by atoms with van der Waals surface area (Å²) < 4.78 is 27.1. The molecule has 5 heteroatoms. The summed E-state index contributed by atoms with van der Waals surface area (Å²) in [4.78, 5) is 11.9. The summed E-state index contributed by atoms with van der Waals surface area (Å²) in [5.74, 6) is -0.0487. The zero-order chi connectivity index (χ0) is 15.2. The first-order valence-corrected chi connectivity index (χ1v) is 8.54. The number of unbranched alkanes of at least 4 members (excludes halogenated alkanes) is 2. The fourth-order valence-electron chi connectivity index (χ4n) is 1.93. The van der Waals surface area contributed by atoms with Crippen LogP contribution in [0.25, 0.3) is 0 Å². The third kappa shape index (κ3) is 4.42. The number of carbonyl (C=O) groups is 1. The van der Waals surface area contributed by atoms with Crippen molar-refractivity contribution in [2.24, 2.45) is 0 Å². The van der Waals surface area contributed by atoms with E-state index in [0.717, 1.165) is 19.3 Å². The second kappa shape index (κ2) is 7.55. The predicted octanol–water partition coefficient (Wildman–Crippen LogP) is 3.06. The molecular formula is C15H23NO3S. The van der Waals surface area contributed by atoms with Crippen molar-refractivity contribution in [2.75, 3.05) is 6.54 Å². The lowest BCUT2D eigenvalue weighted by molar-refractivity contribution is 0.0988. The van der Waals surface area contributed by atoms with E-state index in [9.17, 15) is 13.2 Å². The molecule has 20 heavy (non-hydrogen) atoms. The Balaban J connectivity index is 2.96. The first-order valence-electron chi connectivity index (χ1n) is 7.06. The van der Waals surface area contributed by atoms with Crippen LogP contribution in [0.5, 0.6) is 0 Å². The lowest BCUT2D eigenvalue weighted by atomic mass is 10.1. The molecule has 112 valence electrons. The Hall–Kier alpha value is -1.20. The quantitative estimate of drug-likeness (QED) is 0.592. The molecule has 0 bridgehead atoms. The van der Waals surface area contributed by atoms with Crippen molar-refractivity contribution in [1.82, 2.24) is 4.72 Å².